The van der Waals surface area contributed by atoms with Crippen molar-refractivity contribution in [2.45, 2.75) is 33.0 Å². The van der Waals surface area contributed by atoms with Crippen molar-refractivity contribution in [1.82, 2.24) is 0 Å². The first-order chi connectivity index (χ1) is 6.59. The second kappa shape index (κ2) is 3.48. The van der Waals surface area contributed by atoms with Crippen molar-refractivity contribution in [1.29, 1.82) is 0 Å². The Morgan fingerprint density at radius 1 is 1.29 bits per heavy atom. The summed E-state index contributed by atoms with van der Waals surface area (Å²) in [6, 6.07) is 0. The topological polar surface area (TPSA) is 46.5 Å². The number of aliphatic hydroxyl groups excluding tert-OH is 1. The molecule has 1 saturated heterocycles. The third-order valence-electron chi connectivity index (χ3n) is 3.49. The predicted molar refractivity (Wildman–Crippen MR) is 51.6 cm³/mol. The van der Waals surface area contributed by atoms with Crippen molar-refractivity contribution in [3.8, 4) is 0 Å². The Bertz CT molecular complexity index is 293. The number of carbonyl (C=O) groups excluding carboxylic acids is 1. The average molecular weight is 196 g/mol. The summed E-state index contributed by atoms with van der Waals surface area (Å²) in [6.07, 6.45) is 0.847. The highest BCUT2D eigenvalue weighted by molar-refractivity contribution is 5.83. The molecule has 1 unspecified atom stereocenters. The molecule has 0 aromatic carbocycles. The number of carbonyl (C=O) groups is 1. The van der Waals surface area contributed by atoms with E-state index in [1.165, 1.54) is 11.1 Å². The maximum absolute atomic E-state index is 11.6. The standard InChI is InChI=1S/C11H16O3/c1-6-3-8-9(4-7(6)2)11(13)14-5-10(8)12/h8-9,11,13H,3-5H2,1-2H3/t8-,9+,11?/m1/s1. The number of rotatable bonds is 0. The summed E-state index contributed by atoms with van der Waals surface area (Å²) in [7, 11) is 0. The molecule has 2 rings (SSSR count). The van der Waals surface area contributed by atoms with Gasteiger partial charge in [0.15, 0.2) is 12.1 Å². The number of hydrogen-bond acceptors (Lipinski definition) is 3. The summed E-state index contributed by atoms with van der Waals surface area (Å²) in [5.41, 5.74) is 2.59. The smallest absolute Gasteiger partial charge is 0.162 e. The van der Waals surface area contributed by atoms with Crippen LogP contribution in [0.3, 0.4) is 0 Å². The summed E-state index contributed by atoms with van der Waals surface area (Å²) in [6.45, 7) is 4.21. The van der Waals surface area contributed by atoms with Gasteiger partial charge in [-0.05, 0) is 26.7 Å². The summed E-state index contributed by atoms with van der Waals surface area (Å²) in [4.78, 5) is 11.6. The quantitative estimate of drug-likeness (QED) is 0.593. The Morgan fingerprint density at radius 3 is 2.64 bits per heavy atom. The van der Waals surface area contributed by atoms with E-state index in [-0.39, 0.29) is 24.2 Å². The molecule has 1 N–H and O–H groups in total. The van der Waals surface area contributed by atoms with Crippen molar-refractivity contribution in [2.24, 2.45) is 11.8 Å². The minimum Gasteiger partial charge on any atom is -0.368 e. The molecule has 0 radical (unpaired) electrons. The van der Waals surface area contributed by atoms with E-state index in [2.05, 4.69) is 13.8 Å². The fourth-order valence-electron chi connectivity index (χ4n) is 2.38. The van der Waals surface area contributed by atoms with Crippen LogP contribution in [0.1, 0.15) is 26.7 Å². The molecule has 1 fully saturated rings. The molecule has 78 valence electrons. The number of ketones is 1. The number of fused-ring (bicyclic) bond motifs is 1. The van der Waals surface area contributed by atoms with E-state index in [1.807, 2.05) is 0 Å². The monoisotopic (exact) mass is 196 g/mol. The normalized spacial score (nSPS) is 38.5. The Morgan fingerprint density at radius 2 is 1.93 bits per heavy atom. The van der Waals surface area contributed by atoms with E-state index in [1.54, 1.807) is 0 Å². The Balaban J connectivity index is 2.24. The van der Waals surface area contributed by atoms with Crippen LogP contribution in [0.25, 0.3) is 0 Å². The first-order valence-corrected chi connectivity index (χ1v) is 5.07. The van der Waals surface area contributed by atoms with Crippen molar-refractivity contribution in [3.63, 3.8) is 0 Å². The largest absolute Gasteiger partial charge is 0.368 e. The van der Waals surface area contributed by atoms with Crippen LogP contribution in [0.5, 0.6) is 0 Å². The van der Waals surface area contributed by atoms with Gasteiger partial charge in [0.2, 0.25) is 0 Å². The summed E-state index contributed by atoms with van der Waals surface area (Å²) >= 11 is 0. The van der Waals surface area contributed by atoms with Gasteiger partial charge >= 0.3 is 0 Å². The lowest BCUT2D eigenvalue weighted by molar-refractivity contribution is -0.185. The van der Waals surface area contributed by atoms with Gasteiger partial charge in [0.1, 0.15) is 6.61 Å². The van der Waals surface area contributed by atoms with E-state index in [9.17, 15) is 9.90 Å². The van der Waals surface area contributed by atoms with Crippen LogP contribution in [-0.4, -0.2) is 23.8 Å². The maximum atomic E-state index is 11.6. The molecule has 0 amide bonds. The molecule has 1 aliphatic carbocycles. The first-order valence-electron chi connectivity index (χ1n) is 5.07. The van der Waals surface area contributed by atoms with Gasteiger partial charge in [0, 0.05) is 11.8 Å². The fraction of sp³-hybridized carbons (Fsp3) is 0.727. The molecule has 14 heavy (non-hydrogen) atoms. The zero-order valence-corrected chi connectivity index (χ0v) is 8.62. The highest BCUT2D eigenvalue weighted by Gasteiger charge is 2.40. The van der Waals surface area contributed by atoms with Gasteiger partial charge in [-0.1, -0.05) is 11.1 Å². The molecule has 0 saturated carbocycles. The number of hydrogen-bond donors (Lipinski definition) is 1. The summed E-state index contributed by atoms with van der Waals surface area (Å²) in [5.74, 6) is 0.120. The van der Waals surface area contributed by atoms with Crippen molar-refractivity contribution >= 4 is 5.78 Å². The fourth-order valence-corrected chi connectivity index (χ4v) is 2.38. The molecular weight excluding hydrogens is 180 g/mol. The lowest BCUT2D eigenvalue weighted by Gasteiger charge is -2.38. The summed E-state index contributed by atoms with van der Waals surface area (Å²) < 4.78 is 5.03. The molecule has 0 aromatic heterocycles. The third-order valence-corrected chi connectivity index (χ3v) is 3.49. The van der Waals surface area contributed by atoms with Crippen LogP contribution in [0.4, 0.5) is 0 Å². The van der Waals surface area contributed by atoms with Crippen LogP contribution in [0.2, 0.25) is 0 Å². The van der Waals surface area contributed by atoms with Gasteiger partial charge in [-0.25, -0.2) is 0 Å². The molecule has 2 aliphatic rings. The Kier molecular flexibility index (Phi) is 2.45. The second-order valence-corrected chi connectivity index (χ2v) is 4.41. The molecule has 1 heterocycles. The predicted octanol–water partition coefficient (Wildman–Crippen LogP) is 1.27. The number of allylic oxidation sites excluding steroid dienone is 2. The van der Waals surface area contributed by atoms with Gasteiger partial charge < -0.3 is 9.84 Å². The molecule has 1 aliphatic heterocycles. The van der Waals surface area contributed by atoms with E-state index >= 15 is 0 Å². The van der Waals surface area contributed by atoms with Gasteiger partial charge in [-0.2, -0.15) is 0 Å². The first kappa shape index (κ1) is 9.87. The third kappa shape index (κ3) is 1.51. The zero-order valence-electron chi connectivity index (χ0n) is 8.62. The van der Waals surface area contributed by atoms with Gasteiger partial charge in [0.25, 0.3) is 0 Å². The molecule has 0 bridgehead atoms. The van der Waals surface area contributed by atoms with Crippen LogP contribution >= 0.6 is 0 Å². The number of Topliss-reactive ketones (excluding diaryl/α,β-unsaturated/α-hetero) is 1. The lowest BCUT2D eigenvalue weighted by atomic mass is 9.73. The van der Waals surface area contributed by atoms with E-state index in [0.29, 0.717) is 0 Å². The van der Waals surface area contributed by atoms with Crippen molar-refractivity contribution in [3.05, 3.63) is 11.1 Å². The Hall–Kier alpha value is -0.670. The minimum atomic E-state index is -0.749. The van der Waals surface area contributed by atoms with Crippen LogP contribution in [0, 0.1) is 11.8 Å². The zero-order chi connectivity index (χ0) is 10.3. The molecule has 3 atom stereocenters. The van der Waals surface area contributed by atoms with Crippen LogP contribution in [-0.2, 0) is 9.53 Å². The SMILES string of the molecule is CC1=C(C)C[C@H]2C(=O)COC(O)[C@H]2C1. The van der Waals surface area contributed by atoms with Crippen LogP contribution in [0.15, 0.2) is 11.1 Å². The second-order valence-electron chi connectivity index (χ2n) is 4.41. The maximum Gasteiger partial charge on any atom is 0.162 e. The van der Waals surface area contributed by atoms with Gasteiger partial charge in [0.05, 0.1) is 0 Å². The molecule has 0 aromatic rings. The van der Waals surface area contributed by atoms with Gasteiger partial charge in [-0.15, -0.1) is 0 Å². The van der Waals surface area contributed by atoms with Crippen LogP contribution < -0.4 is 0 Å². The van der Waals surface area contributed by atoms with E-state index in [0.717, 1.165) is 12.8 Å². The highest BCUT2D eigenvalue weighted by atomic mass is 16.6. The molecule has 3 nitrogen and oxygen atoms in total. The number of ether oxygens (including phenoxy) is 1. The van der Waals surface area contributed by atoms with E-state index < -0.39 is 6.29 Å². The molecule has 3 heteroatoms. The van der Waals surface area contributed by atoms with Gasteiger partial charge in [-0.3, -0.25) is 4.79 Å². The molecule has 0 spiro atoms. The Labute approximate surface area is 83.8 Å². The molecular formula is C11H16O3. The number of aliphatic hydroxyl groups is 1. The highest BCUT2D eigenvalue weighted by Crippen LogP contribution is 2.38. The van der Waals surface area contributed by atoms with Crippen molar-refractivity contribution in [2.75, 3.05) is 6.61 Å². The van der Waals surface area contributed by atoms with E-state index in [4.69, 9.17) is 4.74 Å². The summed E-state index contributed by atoms with van der Waals surface area (Å²) in [5, 5.41) is 9.63. The lowest BCUT2D eigenvalue weighted by Crippen LogP contribution is -2.44. The average Bonchev–Trinajstić information content (AvgIpc) is 2.15. The minimum absolute atomic E-state index is 0.0116. The van der Waals surface area contributed by atoms with Crippen molar-refractivity contribution < 1.29 is 14.6 Å².